The molecule has 0 aliphatic carbocycles. The van der Waals surface area contributed by atoms with Crippen LogP contribution in [0.1, 0.15) is 33.6 Å². The van der Waals surface area contributed by atoms with Crippen LogP contribution in [-0.2, 0) is 30.4 Å². The van der Waals surface area contributed by atoms with E-state index in [-0.39, 0.29) is 29.8 Å². The fraction of sp³-hybridized carbons (Fsp3) is 0.345. The Morgan fingerprint density at radius 1 is 1.00 bits per heavy atom. The van der Waals surface area contributed by atoms with E-state index in [1.807, 2.05) is 24.3 Å². The predicted molar refractivity (Wildman–Crippen MR) is 160 cm³/mol. The predicted octanol–water partition coefficient (Wildman–Crippen LogP) is 3.50. The van der Waals surface area contributed by atoms with Crippen LogP contribution in [-0.4, -0.2) is 71.3 Å². The molecule has 2 fully saturated rings. The summed E-state index contributed by atoms with van der Waals surface area (Å²) >= 11 is 5.65. The Labute approximate surface area is 257 Å². The number of morpholine rings is 1. The summed E-state index contributed by atoms with van der Waals surface area (Å²) in [5, 5.41) is -0.261. The lowest BCUT2D eigenvalue weighted by Gasteiger charge is -2.31. The second-order valence-electron chi connectivity index (χ2n) is 9.99. The molecule has 1 aromatic heterocycles. The minimum absolute atomic E-state index is 0.150. The number of hydrogen-bond donors (Lipinski definition) is 0. The van der Waals surface area contributed by atoms with Crippen molar-refractivity contribution in [3.05, 3.63) is 78.7 Å². The Hall–Kier alpha value is -3.26. The second kappa shape index (κ2) is 11.8. The lowest BCUT2D eigenvalue weighted by molar-refractivity contribution is -0.136. The number of rotatable bonds is 6. The standard InChI is InChI=1S/C29H26BrN3O7S2/c1-2-40-28(37)17-5-9-19(10-6-17)33-25(35)22-21(16-3-7-18(30)8-4-16)24-27(41-23(22)26(33)36)32(29(38)42-24)15-20(34)31-11-13-39-14-12-31/h3-10,21-23H,2,11-15H2,1H3/t21-,22?,23?/m1/s1. The number of esters is 1. The van der Waals surface area contributed by atoms with Gasteiger partial charge < -0.3 is 14.4 Å². The van der Waals surface area contributed by atoms with E-state index in [4.69, 9.17) is 9.47 Å². The molecule has 0 bridgehead atoms. The first-order valence-corrected chi connectivity index (χ1v) is 15.9. The van der Waals surface area contributed by atoms with Crippen LogP contribution in [0, 0.1) is 5.92 Å². The molecule has 13 heteroatoms. The summed E-state index contributed by atoms with van der Waals surface area (Å²) in [5.41, 5.74) is 1.46. The molecule has 0 saturated carbocycles. The summed E-state index contributed by atoms with van der Waals surface area (Å²) < 4.78 is 12.7. The largest absolute Gasteiger partial charge is 0.462 e. The number of benzene rings is 2. The summed E-state index contributed by atoms with van der Waals surface area (Å²) in [5.74, 6) is -2.79. The van der Waals surface area contributed by atoms with Gasteiger partial charge in [-0.2, -0.15) is 0 Å². The van der Waals surface area contributed by atoms with Crippen molar-refractivity contribution in [2.24, 2.45) is 5.92 Å². The van der Waals surface area contributed by atoms with Gasteiger partial charge in [0, 0.05) is 28.4 Å². The van der Waals surface area contributed by atoms with Crippen molar-refractivity contribution in [3.8, 4) is 0 Å². The van der Waals surface area contributed by atoms with Crippen LogP contribution < -0.4 is 9.77 Å². The number of imide groups is 1. The zero-order valence-corrected chi connectivity index (χ0v) is 25.7. The van der Waals surface area contributed by atoms with Gasteiger partial charge in [-0.05, 0) is 48.9 Å². The number of hydrogen-bond acceptors (Lipinski definition) is 9. The van der Waals surface area contributed by atoms with E-state index in [9.17, 15) is 24.0 Å². The molecule has 218 valence electrons. The van der Waals surface area contributed by atoms with E-state index in [1.54, 1.807) is 24.0 Å². The maximum Gasteiger partial charge on any atom is 0.338 e. The molecule has 0 radical (unpaired) electrons. The van der Waals surface area contributed by atoms with Gasteiger partial charge in [0.25, 0.3) is 0 Å². The summed E-state index contributed by atoms with van der Waals surface area (Å²) in [7, 11) is 0. The smallest absolute Gasteiger partial charge is 0.338 e. The average molecular weight is 673 g/mol. The first-order valence-electron chi connectivity index (χ1n) is 13.4. The molecule has 4 heterocycles. The normalized spacial score (nSPS) is 21.7. The first-order chi connectivity index (χ1) is 20.3. The maximum atomic E-state index is 14.0. The van der Waals surface area contributed by atoms with Gasteiger partial charge in [0.2, 0.25) is 17.7 Å². The number of nitrogens with zero attached hydrogens (tertiary/aromatic N) is 3. The highest BCUT2D eigenvalue weighted by Crippen LogP contribution is 2.54. The molecular weight excluding hydrogens is 646 g/mol. The Morgan fingerprint density at radius 2 is 1.69 bits per heavy atom. The molecule has 10 nitrogen and oxygen atoms in total. The van der Waals surface area contributed by atoms with Crippen molar-refractivity contribution < 1.29 is 28.7 Å². The quantitative estimate of drug-likeness (QED) is 0.289. The van der Waals surface area contributed by atoms with Crippen molar-refractivity contribution in [1.29, 1.82) is 0 Å². The molecule has 2 unspecified atom stereocenters. The Morgan fingerprint density at radius 3 is 2.36 bits per heavy atom. The molecule has 3 aromatic rings. The van der Waals surface area contributed by atoms with E-state index in [0.717, 1.165) is 21.4 Å². The number of anilines is 1. The fourth-order valence-electron chi connectivity index (χ4n) is 5.55. The number of fused-ring (bicyclic) bond motifs is 2. The van der Waals surface area contributed by atoms with E-state index in [0.29, 0.717) is 47.5 Å². The zero-order valence-electron chi connectivity index (χ0n) is 22.5. The van der Waals surface area contributed by atoms with E-state index >= 15 is 0 Å². The highest BCUT2D eigenvalue weighted by molar-refractivity contribution is 9.10. The lowest BCUT2D eigenvalue weighted by Crippen LogP contribution is -2.43. The molecular formula is C29H26BrN3O7S2. The van der Waals surface area contributed by atoms with Crippen LogP contribution in [0.25, 0.3) is 0 Å². The molecule has 3 aliphatic heterocycles. The van der Waals surface area contributed by atoms with Crippen LogP contribution in [0.5, 0.6) is 0 Å². The second-order valence-corrected chi connectivity index (χ2v) is 13.0. The van der Waals surface area contributed by atoms with Gasteiger partial charge in [0.1, 0.15) is 11.8 Å². The number of aromatic nitrogens is 1. The number of halogens is 1. The molecule has 2 saturated heterocycles. The fourth-order valence-corrected chi connectivity index (χ4v) is 8.59. The van der Waals surface area contributed by atoms with Crippen LogP contribution in [0.2, 0.25) is 0 Å². The van der Waals surface area contributed by atoms with Crippen molar-refractivity contribution in [3.63, 3.8) is 0 Å². The van der Waals surface area contributed by atoms with Gasteiger partial charge >= 0.3 is 10.8 Å². The van der Waals surface area contributed by atoms with E-state index < -0.39 is 29.0 Å². The SMILES string of the molecule is CCOC(=O)c1ccc(N2C(=O)C3Sc4c(sc(=O)n4CC(=O)N4CCOCC4)[C@H](c4ccc(Br)cc4)C3C2=O)cc1. The number of thioether (sulfide) groups is 1. The van der Waals surface area contributed by atoms with E-state index in [2.05, 4.69) is 15.9 Å². The van der Waals surface area contributed by atoms with Crippen molar-refractivity contribution in [2.45, 2.75) is 29.7 Å². The zero-order chi connectivity index (χ0) is 29.5. The van der Waals surface area contributed by atoms with Crippen LogP contribution in [0.4, 0.5) is 5.69 Å². The monoisotopic (exact) mass is 671 g/mol. The average Bonchev–Trinajstić information content (AvgIpc) is 3.44. The Balaban J connectivity index is 1.38. The molecule has 2 aromatic carbocycles. The maximum absolute atomic E-state index is 14.0. The van der Waals surface area contributed by atoms with Crippen LogP contribution >= 0.6 is 39.0 Å². The van der Waals surface area contributed by atoms with Gasteiger partial charge in [0.15, 0.2) is 0 Å². The third-order valence-electron chi connectivity index (χ3n) is 7.57. The Kier molecular flexibility index (Phi) is 8.09. The van der Waals surface area contributed by atoms with Gasteiger partial charge in [-0.3, -0.25) is 23.7 Å². The highest BCUT2D eigenvalue weighted by Gasteiger charge is 2.56. The molecule has 3 atom stereocenters. The topological polar surface area (TPSA) is 115 Å². The number of amides is 3. The van der Waals surface area contributed by atoms with Gasteiger partial charge in [-0.25, -0.2) is 9.69 Å². The third kappa shape index (κ3) is 5.12. The highest BCUT2D eigenvalue weighted by atomic mass is 79.9. The summed E-state index contributed by atoms with van der Waals surface area (Å²) in [6.07, 6.45) is 0. The molecule has 42 heavy (non-hydrogen) atoms. The van der Waals surface area contributed by atoms with Gasteiger partial charge in [0.05, 0.1) is 42.0 Å². The Bertz CT molecular complexity index is 1610. The molecule has 6 rings (SSSR count). The van der Waals surface area contributed by atoms with Gasteiger partial charge in [-0.15, -0.1) is 0 Å². The lowest BCUT2D eigenvalue weighted by atomic mass is 9.83. The summed E-state index contributed by atoms with van der Waals surface area (Å²) in [6.45, 7) is 3.59. The molecule has 3 aliphatic rings. The first kappa shape index (κ1) is 28.8. The minimum atomic E-state index is -0.804. The minimum Gasteiger partial charge on any atom is -0.462 e. The number of carbonyl (C=O) groups excluding carboxylic acids is 4. The molecule has 0 N–H and O–H groups in total. The van der Waals surface area contributed by atoms with E-state index in [1.165, 1.54) is 33.4 Å². The molecule has 0 spiro atoms. The van der Waals surface area contributed by atoms with Crippen LogP contribution in [0.3, 0.4) is 0 Å². The van der Waals surface area contributed by atoms with Crippen molar-refractivity contribution in [2.75, 3.05) is 37.8 Å². The molecule has 3 amide bonds. The number of carbonyl (C=O) groups is 4. The third-order valence-corrected chi connectivity index (χ3v) is 10.7. The summed E-state index contributed by atoms with van der Waals surface area (Å²) in [4.78, 5) is 69.7. The number of ether oxygens (including phenoxy) is 2. The van der Waals surface area contributed by atoms with Crippen LogP contribution in [0.15, 0.2) is 62.8 Å². The van der Waals surface area contributed by atoms with Gasteiger partial charge in [-0.1, -0.05) is 51.2 Å². The summed E-state index contributed by atoms with van der Waals surface area (Å²) in [6, 6.07) is 13.7. The van der Waals surface area contributed by atoms with Crippen molar-refractivity contribution in [1.82, 2.24) is 9.47 Å². The van der Waals surface area contributed by atoms with Crippen molar-refractivity contribution >= 4 is 68.4 Å². The number of thiazole rings is 1.